The highest BCUT2D eigenvalue weighted by atomic mass is 32.2. The summed E-state index contributed by atoms with van der Waals surface area (Å²) in [6, 6.07) is 15.1. The molecule has 1 heterocycles. The Morgan fingerprint density at radius 1 is 1.08 bits per heavy atom. The number of hydrogen-bond acceptors (Lipinski definition) is 6. The first kappa shape index (κ1) is 18.4. The van der Waals surface area contributed by atoms with E-state index in [1.165, 1.54) is 11.3 Å². The van der Waals surface area contributed by atoms with Crippen LogP contribution < -0.4 is 0 Å². The van der Waals surface area contributed by atoms with Gasteiger partial charge in [-0.15, -0.1) is 23.1 Å². The molecule has 0 saturated heterocycles. The molecule has 132 valence electrons. The minimum absolute atomic E-state index is 0.219. The first-order valence-electron chi connectivity index (χ1n) is 7.94. The second kappa shape index (κ2) is 8.29. The molecule has 0 N–H and O–H groups in total. The highest BCUT2D eigenvalue weighted by molar-refractivity contribution is 7.98. The number of thioether (sulfide) groups is 1. The van der Waals surface area contributed by atoms with Crippen molar-refractivity contribution in [3.8, 4) is 10.6 Å². The van der Waals surface area contributed by atoms with Crippen LogP contribution in [0, 0.1) is 6.92 Å². The molecule has 0 spiro atoms. The van der Waals surface area contributed by atoms with E-state index < -0.39 is 5.97 Å². The van der Waals surface area contributed by atoms with E-state index >= 15 is 0 Å². The molecular weight excluding hydrogens is 366 g/mol. The maximum atomic E-state index is 12.1. The summed E-state index contributed by atoms with van der Waals surface area (Å²) in [6.45, 7) is 1.72. The van der Waals surface area contributed by atoms with E-state index in [0.717, 1.165) is 21.0 Å². The van der Waals surface area contributed by atoms with Crippen LogP contribution in [0.5, 0.6) is 0 Å². The zero-order valence-corrected chi connectivity index (χ0v) is 16.0. The van der Waals surface area contributed by atoms with Crippen molar-refractivity contribution in [2.75, 3.05) is 12.9 Å². The van der Waals surface area contributed by atoms with Crippen LogP contribution in [0.15, 0.2) is 58.8 Å². The number of aromatic nitrogens is 1. The van der Waals surface area contributed by atoms with Gasteiger partial charge in [0.15, 0.2) is 18.1 Å². The fraction of sp³-hybridized carbons (Fsp3) is 0.150. The van der Waals surface area contributed by atoms with Gasteiger partial charge in [-0.25, -0.2) is 9.78 Å². The Morgan fingerprint density at radius 2 is 1.77 bits per heavy atom. The number of aryl methyl sites for hydroxylation is 1. The summed E-state index contributed by atoms with van der Waals surface area (Å²) in [6.07, 6.45) is 1.97. The number of thiazole rings is 1. The van der Waals surface area contributed by atoms with Crippen LogP contribution in [-0.4, -0.2) is 29.6 Å². The van der Waals surface area contributed by atoms with Crippen molar-refractivity contribution < 1.29 is 14.3 Å². The number of carbonyl (C=O) groups excluding carboxylic acids is 2. The molecule has 0 aliphatic rings. The summed E-state index contributed by atoms with van der Waals surface area (Å²) >= 11 is 2.97. The van der Waals surface area contributed by atoms with E-state index in [1.54, 1.807) is 29.3 Å². The van der Waals surface area contributed by atoms with Gasteiger partial charge >= 0.3 is 5.97 Å². The van der Waals surface area contributed by atoms with Gasteiger partial charge in [0.1, 0.15) is 5.01 Å². The minimum atomic E-state index is -0.589. The largest absolute Gasteiger partial charge is 0.453 e. The van der Waals surface area contributed by atoms with E-state index in [0.29, 0.717) is 5.56 Å². The van der Waals surface area contributed by atoms with Gasteiger partial charge in [0.25, 0.3) is 0 Å². The fourth-order valence-corrected chi connectivity index (χ4v) is 3.47. The van der Waals surface area contributed by atoms with Crippen molar-refractivity contribution >= 4 is 34.9 Å². The molecule has 0 fully saturated rings. The Labute approximate surface area is 160 Å². The quantitative estimate of drug-likeness (QED) is 0.345. The smallest absolute Gasteiger partial charge is 0.358 e. The summed E-state index contributed by atoms with van der Waals surface area (Å²) < 4.78 is 5.12. The van der Waals surface area contributed by atoms with Crippen LogP contribution in [0.2, 0.25) is 0 Å². The van der Waals surface area contributed by atoms with Crippen LogP contribution in [0.3, 0.4) is 0 Å². The Morgan fingerprint density at radius 3 is 2.42 bits per heavy atom. The molecule has 3 aromatic rings. The van der Waals surface area contributed by atoms with Gasteiger partial charge in [-0.3, -0.25) is 4.79 Å². The molecule has 26 heavy (non-hydrogen) atoms. The highest BCUT2D eigenvalue weighted by Crippen LogP contribution is 2.24. The lowest BCUT2D eigenvalue weighted by Crippen LogP contribution is -2.14. The predicted octanol–water partition coefficient (Wildman–Crippen LogP) is 4.88. The maximum Gasteiger partial charge on any atom is 0.358 e. The summed E-state index contributed by atoms with van der Waals surface area (Å²) in [5, 5.41) is 2.39. The van der Waals surface area contributed by atoms with Crippen molar-refractivity contribution in [2.45, 2.75) is 11.8 Å². The molecule has 0 bridgehead atoms. The van der Waals surface area contributed by atoms with E-state index in [-0.39, 0.29) is 18.1 Å². The Kier molecular flexibility index (Phi) is 5.85. The average molecular weight is 383 g/mol. The third-order valence-electron chi connectivity index (χ3n) is 3.76. The van der Waals surface area contributed by atoms with Crippen LogP contribution in [0.1, 0.15) is 26.4 Å². The molecule has 0 unspecified atom stereocenters. The van der Waals surface area contributed by atoms with Gasteiger partial charge in [0, 0.05) is 21.4 Å². The van der Waals surface area contributed by atoms with Crippen LogP contribution in [0.25, 0.3) is 10.6 Å². The SMILES string of the molecule is CSc1ccc(C(=O)COC(=O)c2csc(-c3ccc(C)cc3)n2)cc1. The lowest BCUT2D eigenvalue weighted by Gasteiger charge is -2.03. The van der Waals surface area contributed by atoms with Crippen LogP contribution >= 0.6 is 23.1 Å². The first-order chi connectivity index (χ1) is 12.6. The Hall–Kier alpha value is -2.44. The Balaban J connectivity index is 1.61. The standard InChI is InChI=1S/C20H17NO3S2/c1-13-3-5-15(6-4-13)19-21-17(12-26-19)20(23)24-11-18(22)14-7-9-16(25-2)10-8-14/h3-10,12H,11H2,1-2H3. The number of hydrogen-bond donors (Lipinski definition) is 0. The number of ketones is 1. The molecular formula is C20H17NO3S2. The minimum Gasteiger partial charge on any atom is -0.453 e. The molecule has 1 aromatic heterocycles. The van der Waals surface area contributed by atoms with Gasteiger partial charge in [-0.05, 0) is 25.3 Å². The summed E-state index contributed by atoms with van der Waals surface area (Å²) in [5.41, 5.74) is 2.85. The van der Waals surface area contributed by atoms with Crippen molar-refractivity contribution in [2.24, 2.45) is 0 Å². The van der Waals surface area contributed by atoms with Crippen LogP contribution in [-0.2, 0) is 4.74 Å². The molecule has 0 saturated carbocycles. The number of carbonyl (C=O) groups is 2. The lowest BCUT2D eigenvalue weighted by molar-refractivity contribution is 0.0470. The second-order valence-electron chi connectivity index (χ2n) is 5.63. The van der Waals surface area contributed by atoms with E-state index in [9.17, 15) is 9.59 Å². The van der Waals surface area contributed by atoms with Crippen molar-refractivity contribution in [1.29, 1.82) is 0 Å². The molecule has 4 nitrogen and oxygen atoms in total. The normalized spacial score (nSPS) is 10.5. The molecule has 2 aromatic carbocycles. The Bertz CT molecular complexity index is 915. The monoisotopic (exact) mass is 383 g/mol. The van der Waals surface area contributed by atoms with Gasteiger partial charge in [-0.2, -0.15) is 0 Å². The molecule has 0 radical (unpaired) electrons. The van der Waals surface area contributed by atoms with E-state index in [4.69, 9.17) is 4.74 Å². The summed E-state index contributed by atoms with van der Waals surface area (Å²) in [7, 11) is 0. The van der Waals surface area contributed by atoms with E-state index in [1.807, 2.05) is 49.6 Å². The molecule has 3 rings (SSSR count). The molecule has 6 heteroatoms. The lowest BCUT2D eigenvalue weighted by atomic mass is 10.1. The van der Waals surface area contributed by atoms with Crippen LogP contribution in [0.4, 0.5) is 0 Å². The topological polar surface area (TPSA) is 56.3 Å². The molecule has 0 aliphatic heterocycles. The number of rotatable bonds is 6. The van der Waals surface area contributed by atoms with Gasteiger partial charge < -0.3 is 4.74 Å². The van der Waals surface area contributed by atoms with Crippen molar-refractivity contribution in [3.05, 3.63) is 70.7 Å². The number of benzene rings is 2. The predicted molar refractivity (Wildman–Crippen MR) is 105 cm³/mol. The number of esters is 1. The van der Waals surface area contributed by atoms with Gasteiger partial charge in [-0.1, -0.05) is 42.0 Å². The summed E-state index contributed by atoms with van der Waals surface area (Å²) in [5.74, 6) is -0.825. The maximum absolute atomic E-state index is 12.1. The highest BCUT2D eigenvalue weighted by Gasteiger charge is 2.15. The third kappa shape index (κ3) is 4.39. The molecule has 0 atom stereocenters. The van der Waals surface area contributed by atoms with Crippen molar-refractivity contribution in [1.82, 2.24) is 4.98 Å². The average Bonchev–Trinajstić information content (AvgIpc) is 3.16. The number of nitrogens with zero attached hydrogens (tertiary/aromatic N) is 1. The summed E-state index contributed by atoms with van der Waals surface area (Å²) in [4.78, 5) is 29.7. The van der Waals surface area contributed by atoms with Crippen molar-refractivity contribution in [3.63, 3.8) is 0 Å². The first-order valence-corrected chi connectivity index (χ1v) is 10.0. The molecule has 0 aliphatic carbocycles. The van der Waals surface area contributed by atoms with Gasteiger partial charge in [0.2, 0.25) is 0 Å². The zero-order valence-electron chi connectivity index (χ0n) is 14.4. The molecule has 0 amide bonds. The fourth-order valence-electron chi connectivity index (χ4n) is 2.26. The number of Topliss-reactive ketones (excluding diaryl/α,β-unsaturated/α-hetero) is 1. The van der Waals surface area contributed by atoms with Gasteiger partial charge in [0.05, 0.1) is 0 Å². The second-order valence-corrected chi connectivity index (χ2v) is 7.37. The third-order valence-corrected chi connectivity index (χ3v) is 5.39. The van der Waals surface area contributed by atoms with E-state index in [2.05, 4.69) is 4.98 Å². The number of ether oxygens (including phenoxy) is 1. The zero-order chi connectivity index (χ0) is 18.5.